The van der Waals surface area contributed by atoms with Gasteiger partial charge in [-0.1, -0.05) is 13.8 Å². The molecule has 2 N–H and O–H groups in total. The van der Waals surface area contributed by atoms with Crippen LogP contribution in [0, 0.1) is 11.7 Å². The Morgan fingerprint density at radius 1 is 1.38 bits per heavy atom. The molecule has 6 heteroatoms. The average Bonchev–Trinajstić information content (AvgIpc) is 2.15. The van der Waals surface area contributed by atoms with Crippen molar-refractivity contribution in [3.05, 3.63) is 29.6 Å². The van der Waals surface area contributed by atoms with E-state index in [1.807, 2.05) is 0 Å². The minimum Gasteiger partial charge on any atom is -0.294 e. The lowest BCUT2D eigenvalue weighted by Gasteiger charge is -2.06. The molecular formula is C10H12FNO3S. The third-order valence-corrected chi connectivity index (χ3v) is 2.97. The van der Waals surface area contributed by atoms with Crippen molar-refractivity contribution >= 4 is 15.8 Å². The van der Waals surface area contributed by atoms with Crippen molar-refractivity contribution in [2.75, 3.05) is 0 Å². The van der Waals surface area contributed by atoms with Gasteiger partial charge in [-0.2, -0.15) is 0 Å². The van der Waals surface area contributed by atoms with Crippen LogP contribution in [0.5, 0.6) is 0 Å². The van der Waals surface area contributed by atoms with E-state index in [0.29, 0.717) is 0 Å². The molecule has 0 fully saturated rings. The molecule has 0 bridgehead atoms. The van der Waals surface area contributed by atoms with Crippen LogP contribution in [0.15, 0.2) is 23.1 Å². The summed E-state index contributed by atoms with van der Waals surface area (Å²) in [4.78, 5) is 11.2. The topological polar surface area (TPSA) is 77.2 Å². The van der Waals surface area contributed by atoms with Gasteiger partial charge >= 0.3 is 0 Å². The molecule has 0 atom stereocenters. The van der Waals surface area contributed by atoms with Crippen molar-refractivity contribution in [1.82, 2.24) is 0 Å². The Bertz CT molecular complexity index is 523. The van der Waals surface area contributed by atoms with Crippen LogP contribution >= 0.6 is 0 Å². The fraction of sp³-hybridized carbons (Fsp3) is 0.300. The molecule has 0 saturated carbocycles. The van der Waals surface area contributed by atoms with Gasteiger partial charge in [-0.3, -0.25) is 4.79 Å². The van der Waals surface area contributed by atoms with E-state index in [0.717, 1.165) is 18.2 Å². The summed E-state index contributed by atoms with van der Waals surface area (Å²) in [5.74, 6) is -1.60. The summed E-state index contributed by atoms with van der Waals surface area (Å²) in [5, 5.41) is 4.83. The summed E-state index contributed by atoms with van der Waals surface area (Å²) < 4.78 is 35.3. The van der Waals surface area contributed by atoms with Crippen molar-refractivity contribution in [2.24, 2.45) is 11.1 Å². The highest BCUT2D eigenvalue weighted by Gasteiger charge is 2.17. The van der Waals surface area contributed by atoms with Gasteiger partial charge in [0, 0.05) is 5.92 Å². The summed E-state index contributed by atoms with van der Waals surface area (Å²) in [6.45, 7) is 3.27. The first-order valence-corrected chi connectivity index (χ1v) is 6.14. The third kappa shape index (κ3) is 2.65. The van der Waals surface area contributed by atoms with Gasteiger partial charge < -0.3 is 0 Å². The van der Waals surface area contributed by atoms with Crippen molar-refractivity contribution in [2.45, 2.75) is 18.7 Å². The molecule has 1 rings (SSSR count). The minimum atomic E-state index is -3.94. The lowest BCUT2D eigenvalue weighted by atomic mass is 10.0. The van der Waals surface area contributed by atoms with Crippen molar-refractivity contribution < 1.29 is 17.6 Å². The maximum atomic E-state index is 13.5. The quantitative estimate of drug-likeness (QED) is 0.815. The van der Waals surface area contributed by atoms with Gasteiger partial charge in [0.2, 0.25) is 10.0 Å². The average molecular weight is 245 g/mol. The van der Waals surface area contributed by atoms with Crippen molar-refractivity contribution in [3.8, 4) is 0 Å². The molecule has 88 valence electrons. The van der Waals surface area contributed by atoms with Crippen LogP contribution in [0.2, 0.25) is 0 Å². The summed E-state index contributed by atoms with van der Waals surface area (Å²) in [5.41, 5.74) is -0.123. The Balaban J connectivity index is 3.26. The Kier molecular flexibility index (Phi) is 3.44. The second kappa shape index (κ2) is 4.31. The van der Waals surface area contributed by atoms with E-state index in [9.17, 15) is 17.6 Å². The molecule has 0 amide bonds. The maximum absolute atomic E-state index is 13.5. The molecule has 0 radical (unpaired) electrons. The number of carbonyl (C=O) groups excluding carboxylic acids is 1. The zero-order valence-electron chi connectivity index (χ0n) is 8.90. The molecule has 0 spiro atoms. The molecule has 16 heavy (non-hydrogen) atoms. The summed E-state index contributed by atoms with van der Waals surface area (Å²) in [7, 11) is -3.94. The number of benzene rings is 1. The predicted octanol–water partition coefficient (Wildman–Crippen LogP) is 1.31. The van der Waals surface area contributed by atoms with E-state index in [4.69, 9.17) is 5.14 Å². The second-order valence-corrected chi connectivity index (χ2v) is 5.27. The zero-order chi connectivity index (χ0) is 12.5. The Morgan fingerprint density at radius 3 is 2.31 bits per heavy atom. The molecule has 0 heterocycles. The van der Waals surface area contributed by atoms with Gasteiger partial charge in [0.15, 0.2) is 5.78 Å². The van der Waals surface area contributed by atoms with Crippen LogP contribution in [0.4, 0.5) is 4.39 Å². The monoisotopic (exact) mass is 245 g/mol. The van der Waals surface area contributed by atoms with Gasteiger partial charge in [0.25, 0.3) is 0 Å². The molecule has 0 aliphatic rings. The van der Waals surface area contributed by atoms with Crippen LogP contribution in [0.25, 0.3) is 0 Å². The maximum Gasteiger partial charge on any atom is 0.238 e. The standard InChI is InChI=1S/C10H12FNO3S/c1-6(2)10(13)8-4-3-7(5-9(8)11)16(12,14)15/h3-6H,1-2H3,(H2,12,14,15). The number of Topliss-reactive ketones (excluding diaryl/α,β-unsaturated/α-hetero) is 1. The smallest absolute Gasteiger partial charge is 0.238 e. The normalized spacial score (nSPS) is 11.8. The highest BCUT2D eigenvalue weighted by atomic mass is 32.2. The number of halogens is 1. The van der Waals surface area contributed by atoms with E-state index in [1.165, 1.54) is 0 Å². The van der Waals surface area contributed by atoms with Crippen LogP contribution in [0.3, 0.4) is 0 Å². The van der Waals surface area contributed by atoms with E-state index in [2.05, 4.69) is 0 Å². The number of rotatable bonds is 3. The van der Waals surface area contributed by atoms with Gasteiger partial charge in [0.05, 0.1) is 10.5 Å². The van der Waals surface area contributed by atoms with E-state index >= 15 is 0 Å². The zero-order valence-corrected chi connectivity index (χ0v) is 9.71. The van der Waals surface area contributed by atoms with Crippen LogP contribution in [0.1, 0.15) is 24.2 Å². The van der Waals surface area contributed by atoms with E-state index in [1.54, 1.807) is 13.8 Å². The molecule has 0 aromatic heterocycles. The Hall–Kier alpha value is -1.27. The molecule has 0 saturated heterocycles. The van der Waals surface area contributed by atoms with Crippen LogP contribution < -0.4 is 5.14 Å². The largest absolute Gasteiger partial charge is 0.294 e. The molecular weight excluding hydrogens is 233 g/mol. The highest BCUT2D eigenvalue weighted by Crippen LogP contribution is 2.16. The third-order valence-electron chi connectivity index (χ3n) is 2.06. The molecule has 0 aliphatic carbocycles. The lowest BCUT2D eigenvalue weighted by Crippen LogP contribution is -2.14. The summed E-state index contributed by atoms with van der Waals surface area (Å²) >= 11 is 0. The first-order chi connectivity index (χ1) is 7.23. The molecule has 0 aliphatic heterocycles. The van der Waals surface area contributed by atoms with Crippen LogP contribution in [-0.2, 0) is 10.0 Å². The number of hydrogen-bond acceptors (Lipinski definition) is 3. The number of ketones is 1. The summed E-state index contributed by atoms with van der Waals surface area (Å²) in [6, 6.07) is 3.01. The fourth-order valence-corrected chi connectivity index (χ4v) is 1.71. The first-order valence-electron chi connectivity index (χ1n) is 4.60. The molecule has 4 nitrogen and oxygen atoms in total. The number of sulfonamides is 1. The van der Waals surface area contributed by atoms with Crippen molar-refractivity contribution in [3.63, 3.8) is 0 Å². The number of primary sulfonamides is 1. The molecule has 1 aromatic carbocycles. The molecule has 0 unspecified atom stereocenters. The van der Waals surface area contributed by atoms with Crippen molar-refractivity contribution in [1.29, 1.82) is 0 Å². The first kappa shape index (κ1) is 12.8. The van der Waals surface area contributed by atoms with Gasteiger partial charge in [0.1, 0.15) is 5.82 Å². The Labute approximate surface area is 93.3 Å². The number of hydrogen-bond donors (Lipinski definition) is 1. The second-order valence-electron chi connectivity index (χ2n) is 3.71. The summed E-state index contributed by atoms with van der Waals surface area (Å²) in [6.07, 6.45) is 0. The molecule has 1 aromatic rings. The van der Waals surface area contributed by atoms with Gasteiger partial charge in [-0.15, -0.1) is 0 Å². The van der Waals surface area contributed by atoms with Gasteiger partial charge in [-0.05, 0) is 18.2 Å². The van der Waals surface area contributed by atoms with Gasteiger partial charge in [-0.25, -0.2) is 17.9 Å². The van der Waals surface area contributed by atoms with Crippen LogP contribution in [-0.4, -0.2) is 14.2 Å². The lowest BCUT2D eigenvalue weighted by molar-refractivity contribution is 0.0935. The highest BCUT2D eigenvalue weighted by molar-refractivity contribution is 7.89. The number of carbonyl (C=O) groups is 1. The Morgan fingerprint density at radius 2 is 1.94 bits per heavy atom. The van der Waals surface area contributed by atoms with E-state index < -0.39 is 15.8 Å². The predicted molar refractivity (Wildman–Crippen MR) is 56.9 cm³/mol. The van der Waals surface area contributed by atoms with E-state index in [-0.39, 0.29) is 22.2 Å². The SMILES string of the molecule is CC(C)C(=O)c1ccc(S(N)(=O)=O)cc1F. The fourth-order valence-electron chi connectivity index (χ4n) is 1.18. The minimum absolute atomic E-state index is 0.123. The number of nitrogens with two attached hydrogens (primary N) is 1.